The van der Waals surface area contributed by atoms with Gasteiger partial charge in [-0.3, -0.25) is 9.69 Å². The lowest BCUT2D eigenvalue weighted by molar-refractivity contribution is -0.134. The summed E-state index contributed by atoms with van der Waals surface area (Å²) < 4.78 is 12.3. The van der Waals surface area contributed by atoms with Crippen LogP contribution in [0.25, 0.3) is 10.2 Å². The van der Waals surface area contributed by atoms with E-state index < -0.39 is 0 Å². The van der Waals surface area contributed by atoms with E-state index in [1.165, 1.54) is 11.1 Å². The SMILES string of the molecule is COc1ccc(OC)c(C2CCCN2C(=O)CN2CCCCC2c2nc3ccccc3s2)c1. The molecule has 3 aromatic rings. The Hall–Kier alpha value is -2.64. The van der Waals surface area contributed by atoms with Crippen LogP contribution in [0.3, 0.4) is 0 Å². The summed E-state index contributed by atoms with van der Waals surface area (Å²) in [5.41, 5.74) is 2.09. The number of nitrogens with zero attached hydrogens (tertiary/aromatic N) is 3. The van der Waals surface area contributed by atoms with Gasteiger partial charge < -0.3 is 14.4 Å². The predicted octanol–water partition coefficient (Wildman–Crippen LogP) is 5.20. The van der Waals surface area contributed by atoms with E-state index in [9.17, 15) is 4.79 Å². The number of benzene rings is 2. The highest BCUT2D eigenvalue weighted by Gasteiger charge is 2.35. The van der Waals surface area contributed by atoms with Crippen molar-refractivity contribution in [1.29, 1.82) is 0 Å². The number of aromatic nitrogens is 1. The fraction of sp³-hybridized carbons (Fsp3) is 0.462. The molecule has 2 saturated heterocycles. The first kappa shape index (κ1) is 22.2. The number of hydrogen-bond acceptors (Lipinski definition) is 6. The van der Waals surface area contributed by atoms with Gasteiger partial charge in [-0.15, -0.1) is 11.3 Å². The average Bonchev–Trinajstić information content (AvgIpc) is 3.51. The van der Waals surface area contributed by atoms with Gasteiger partial charge in [0.1, 0.15) is 16.5 Å². The largest absolute Gasteiger partial charge is 0.497 e. The second kappa shape index (κ2) is 9.69. The summed E-state index contributed by atoms with van der Waals surface area (Å²) in [6, 6.07) is 14.4. The van der Waals surface area contributed by atoms with Gasteiger partial charge in [-0.2, -0.15) is 0 Å². The number of ether oxygens (including phenoxy) is 2. The molecule has 0 saturated carbocycles. The molecule has 0 spiro atoms. The summed E-state index contributed by atoms with van der Waals surface area (Å²) in [5, 5.41) is 1.14. The van der Waals surface area contributed by atoms with E-state index in [1.807, 2.05) is 29.2 Å². The van der Waals surface area contributed by atoms with Gasteiger partial charge in [-0.05, 0) is 62.6 Å². The second-order valence-corrected chi connectivity index (χ2v) is 9.92. The van der Waals surface area contributed by atoms with E-state index in [-0.39, 0.29) is 18.0 Å². The maximum atomic E-state index is 13.6. The van der Waals surface area contributed by atoms with Gasteiger partial charge in [-0.1, -0.05) is 18.6 Å². The van der Waals surface area contributed by atoms with Crippen LogP contribution in [-0.2, 0) is 4.79 Å². The number of rotatable bonds is 6. The number of piperidine rings is 1. The molecule has 6 nitrogen and oxygen atoms in total. The topological polar surface area (TPSA) is 54.9 Å². The third kappa shape index (κ3) is 4.44. The van der Waals surface area contributed by atoms with Gasteiger partial charge >= 0.3 is 0 Å². The average molecular weight is 466 g/mol. The third-order valence-corrected chi connectivity index (χ3v) is 8.05. The molecule has 174 valence electrons. The van der Waals surface area contributed by atoms with Crippen molar-refractivity contribution in [3.8, 4) is 11.5 Å². The summed E-state index contributed by atoms with van der Waals surface area (Å²) in [4.78, 5) is 22.9. The number of hydrogen-bond donors (Lipinski definition) is 0. The van der Waals surface area contributed by atoms with Crippen LogP contribution in [-0.4, -0.2) is 54.5 Å². The zero-order valence-corrected chi connectivity index (χ0v) is 20.1. The van der Waals surface area contributed by atoms with E-state index in [0.717, 1.165) is 66.4 Å². The lowest BCUT2D eigenvalue weighted by Gasteiger charge is -2.36. The van der Waals surface area contributed by atoms with E-state index in [1.54, 1.807) is 25.6 Å². The number of para-hydroxylation sites is 1. The Morgan fingerprint density at radius 3 is 2.70 bits per heavy atom. The van der Waals surface area contributed by atoms with Crippen LogP contribution in [0.1, 0.15) is 54.8 Å². The van der Waals surface area contributed by atoms with E-state index >= 15 is 0 Å². The highest BCUT2D eigenvalue weighted by Crippen LogP contribution is 2.40. The first-order valence-corrected chi connectivity index (χ1v) is 12.6. The van der Waals surface area contributed by atoms with Gasteiger partial charge in [0.25, 0.3) is 0 Å². The minimum Gasteiger partial charge on any atom is -0.497 e. The number of thiazole rings is 1. The molecule has 2 aliphatic heterocycles. The maximum Gasteiger partial charge on any atom is 0.237 e. The molecule has 0 bridgehead atoms. The molecule has 5 rings (SSSR count). The summed E-state index contributed by atoms with van der Waals surface area (Å²) in [6.07, 6.45) is 5.30. The smallest absolute Gasteiger partial charge is 0.237 e. The molecule has 2 unspecified atom stereocenters. The van der Waals surface area contributed by atoms with Crippen LogP contribution in [0.15, 0.2) is 42.5 Å². The van der Waals surface area contributed by atoms with Crippen molar-refractivity contribution in [3.63, 3.8) is 0 Å². The van der Waals surface area contributed by atoms with Gasteiger partial charge in [0, 0.05) is 12.1 Å². The molecule has 0 aliphatic carbocycles. The first-order valence-electron chi connectivity index (χ1n) is 11.8. The van der Waals surface area contributed by atoms with Crippen LogP contribution < -0.4 is 9.47 Å². The molecular formula is C26H31N3O3S. The molecule has 7 heteroatoms. The van der Waals surface area contributed by atoms with Crippen LogP contribution in [0, 0.1) is 0 Å². The molecule has 1 aromatic heterocycles. The Kier molecular flexibility index (Phi) is 6.51. The van der Waals surface area contributed by atoms with Crippen molar-refractivity contribution in [2.24, 2.45) is 0 Å². The number of methoxy groups -OCH3 is 2. The highest BCUT2D eigenvalue weighted by molar-refractivity contribution is 7.18. The van der Waals surface area contributed by atoms with E-state index in [4.69, 9.17) is 14.5 Å². The van der Waals surface area contributed by atoms with Gasteiger partial charge in [0.05, 0.1) is 43.1 Å². The zero-order chi connectivity index (χ0) is 22.8. The number of carbonyl (C=O) groups excluding carboxylic acids is 1. The van der Waals surface area contributed by atoms with E-state index in [2.05, 4.69) is 23.1 Å². The number of amides is 1. The van der Waals surface area contributed by atoms with Crippen molar-refractivity contribution in [3.05, 3.63) is 53.0 Å². The first-order chi connectivity index (χ1) is 16.2. The molecule has 2 aromatic carbocycles. The quantitative estimate of drug-likeness (QED) is 0.501. The minimum absolute atomic E-state index is 0.0215. The van der Waals surface area contributed by atoms with Gasteiger partial charge in [0.15, 0.2) is 0 Å². The standard InChI is InChI=1S/C26H31N3O3S/c1-31-18-12-13-23(32-2)19(16-18)21-10-7-15-29(21)25(30)17-28-14-6-5-9-22(28)26-27-20-8-3-4-11-24(20)33-26/h3-4,8,11-13,16,21-22H,5-7,9-10,14-15,17H2,1-2H3. The lowest BCUT2D eigenvalue weighted by Crippen LogP contribution is -2.43. The van der Waals surface area contributed by atoms with Crippen molar-refractivity contribution in [1.82, 2.24) is 14.8 Å². The predicted molar refractivity (Wildman–Crippen MR) is 131 cm³/mol. The second-order valence-electron chi connectivity index (χ2n) is 8.85. The van der Waals surface area contributed by atoms with Crippen molar-refractivity contribution >= 4 is 27.5 Å². The Morgan fingerprint density at radius 2 is 1.88 bits per heavy atom. The molecule has 3 heterocycles. The fourth-order valence-corrected chi connectivity index (χ4v) is 6.38. The summed E-state index contributed by atoms with van der Waals surface area (Å²) >= 11 is 1.77. The minimum atomic E-state index is 0.0215. The number of likely N-dealkylation sites (tertiary alicyclic amines) is 2. The Balaban J connectivity index is 1.36. The molecule has 1 amide bonds. The maximum absolute atomic E-state index is 13.6. The van der Waals surface area contributed by atoms with Crippen LogP contribution in [0.4, 0.5) is 0 Å². The molecule has 2 aliphatic rings. The Bertz CT molecular complexity index is 1100. The van der Waals surface area contributed by atoms with E-state index in [0.29, 0.717) is 6.54 Å². The van der Waals surface area contributed by atoms with Crippen LogP contribution in [0.5, 0.6) is 11.5 Å². The van der Waals surface area contributed by atoms with Crippen molar-refractivity contribution < 1.29 is 14.3 Å². The summed E-state index contributed by atoms with van der Waals surface area (Å²) in [7, 11) is 3.35. The normalized spacial score (nSPS) is 21.5. The summed E-state index contributed by atoms with van der Waals surface area (Å²) in [6.45, 7) is 2.15. The van der Waals surface area contributed by atoms with Gasteiger partial charge in [-0.25, -0.2) is 4.98 Å². The lowest BCUT2D eigenvalue weighted by atomic mass is 10.0. The van der Waals surface area contributed by atoms with Crippen molar-refractivity contribution in [2.45, 2.75) is 44.2 Å². The molecule has 2 atom stereocenters. The van der Waals surface area contributed by atoms with Crippen molar-refractivity contribution in [2.75, 3.05) is 33.9 Å². The number of carbonyl (C=O) groups is 1. The monoisotopic (exact) mass is 465 g/mol. The Labute approximate surface area is 199 Å². The highest BCUT2D eigenvalue weighted by atomic mass is 32.1. The third-order valence-electron chi connectivity index (χ3n) is 6.92. The van der Waals surface area contributed by atoms with Crippen LogP contribution in [0.2, 0.25) is 0 Å². The summed E-state index contributed by atoms with van der Waals surface area (Å²) in [5.74, 6) is 1.79. The molecular weight excluding hydrogens is 434 g/mol. The molecule has 33 heavy (non-hydrogen) atoms. The molecule has 2 fully saturated rings. The molecule has 0 radical (unpaired) electrons. The Morgan fingerprint density at radius 1 is 1.03 bits per heavy atom. The zero-order valence-electron chi connectivity index (χ0n) is 19.3. The number of fused-ring (bicyclic) bond motifs is 1. The molecule has 0 N–H and O–H groups in total. The fourth-order valence-electron chi connectivity index (χ4n) is 5.25. The van der Waals surface area contributed by atoms with Gasteiger partial charge in [0.2, 0.25) is 5.91 Å². The van der Waals surface area contributed by atoms with Crippen LogP contribution >= 0.6 is 11.3 Å².